The number of rotatable bonds is 4. The summed E-state index contributed by atoms with van der Waals surface area (Å²) < 4.78 is 14.5. The van der Waals surface area contributed by atoms with Gasteiger partial charge in [-0.05, 0) is 31.2 Å². The molecule has 1 aliphatic rings. The second kappa shape index (κ2) is 4.71. The van der Waals surface area contributed by atoms with Crippen molar-refractivity contribution in [3.8, 4) is 0 Å². The molecule has 1 amide bonds. The number of halogens is 1. The predicted molar refractivity (Wildman–Crippen MR) is 67.3 cm³/mol. The number of nitrogens with zero attached hydrogens (tertiary/aromatic N) is 2. The molecule has 1 saturated carbocycles. The molecule has 1 N–H and O–H groups in total. The van der Waals surface area contributed by atoms with Gasteiger partial charge in [-0.1, -0.05) is 13.8 Å². The molecule has 5 heteroatoms. The molecule has 18 heavy (non-hydrogen) atoms. The lowest BCUT2D eigenvalue weighted by atomic mass is 9.78. The van der Waals surface area contributed by atoms with Crippen molar-refractivity contribution in [3.63, 3.8) is 0 Å². The Labute approximate surface area is 107 Å². The topological polar surface area (TPSA) is 46.9 Å². The molecular weight excluding hydrogens is 233 g/mol. The number of nitrogens with one attached hydrogen (secondary N) is 1. The molecule has 0 bridgehead atoms. The fourth-order valence-electron chi connectivity index (χ4n) is 2.18. The van der Waals surface area contributed by atoms with Crippen molar-refractivity contribution < 1.29 is 9.18 Å². The van der Waals surface area contributed by atoms with Gasteiger partial charge in [-0.15, -0.1) is 0 Å². The van der Waals surface area contributed by atoms with Crippen LogP contribution < -0.4 is 5.32 Å². The molecule has 1 heterocycles. The van der Waals surface area contributed by atoms with E-state index in [0.717, 1.165) is 25.0 Å². The number of aryl methyl sites for hydroxylation is 1. The van der Waals surface area contributed by atoms with E-state index < -0.39 is 12.2 Å². The molecule has 1 aromatic heterocycles. The van der Waals surface area contributed by atoms with Crippen LogP contribution in [-0.4, -0.2) is 27.9 Å². The zero-order valence-corrected chi connectivity index (χ0v) is 11.2. The second-order valence-electron chi connectivity index (χ2n) is 5.45. The summed E-state index contributed by atoms with van der Waals surface area (Å²) in [5.74, 6) is 0.0471. The Kier molecular flexibility index (Phi) is 3.41. The first-order chi connectivity index (χ1) is 8.47. The van der Waals surface area contributed by atoms with Gasteiger partial charge in [-0.25, -0.2) is 4.39 Å². The molecule has 1 fully saturated rings. The summed E-state index contributed by atoms with van der Waals surface area (Å²) in [6.45, 7) is 3.56. The van der Waals surface area contributed by atoms with Crippen LogP contribution in [0.1, 0.15) is 55.2 Å². The zero-order chi connectivity index (χ0) is 13.3. The second-order valence-corrected chi connectivity index (χ2v) is 5.45. The number of alkyl halides is 1. The third kappa shape index (κ3) is 2.26. The standard InChI is InChI=1S/C13H20FN3O/c1-9(2)10-7-11(17(3)16-10)12(18)15-13(8-14)5-4-6-13/h7,9H,4-6,8H2,1-3H3,(H,15,18). The third-order valence-electron chi connectivity index (χ3n) is 3.67. The van der Waals surface area contributed by atoms with Crippen LogP contribution in [0.2, 0.25) is 0 Å². The van der Waals surface area contributed by atoms with Crippen molar-refractivity contribution in [1.82, 2.24) is 15.1 Å². The highest BCUT2D eigenvalue weighted by Crippen LogP contribution is 2.32. The van der Waals surface area contributed by atoms with E-state index >= 15 is 0 Å². The monoisotopic (exact) mass is 253 g/mol. The Balaban J connectivity index is 2.13. The van der Waals surface area contributed by atoms with Gasteiger partial charge in [0.05, 0.1) is 11.2 Å². The van der Waals surface area contributed by atoms with E-state index in [1.807, 2.05) is 13.8 Å². The molecule has 1 aromatic rings. The molecule has 0 spiro atoms. The summed E-state index contributed by atoms with van der Waals surface area (Å²) in [5.41, 5.74) is 0.753. The van der Waals surface area contributed by atoms with Gasteiger partial charge in [0.25, 0.3) is 5.91 Å². The molecule has 2 rings (SSSR count). The van der Waals surface area contributed by atoms with E-state index in [4.69, 9.17) is 0 Å². The SMILES string of the molecule is CC(C)c1cc(C(=O)NC2(CF)CCC2)n(C)n1. The van der Waals surface area contributed by atoms with Crippen molar-refractivity contribution in [1.29, 1.82) is 0 Å². The van der Waals surface area contributed by atoms with Crippen molar-refractivity contribution >= 4 is 5.91 Å². The first-order valence-corrected chi connectivity index (χ1v) is 6.40. The number of carbonyl (C=O) groups excluding carboxylic acids is 1. The molecule has 0 atom stereocenters. The van der Waals surface area contributed by atoms with Gasteiger partial charge in [0.15, 0.2) is 0 Å². The van der Waals surface area contributed by atoms with Crippen LogP contribution in [0, 0.1) is 0 Å². The van der Waals surface area contributed by atoms with Crippen molar-refractivity contribution in [3.05, 3.63) is 17.5 Å². The van der Waals surface area contributed by atoms with Crippen LogP contribution in [0.25, 0.3) is 0 Å². The van der Waals surface area contributed by atoms with Crippen LogP contribution in [0.15, 0.2) is 6.07 Å². The predicted octanol–water partition coefficient (Wildman–Crippen LogP) is 2.17. The summed E-state index contributed by atoms with van der Waals surface area (Å²) >= 11 is 0. The number of carbonyl (C=O) groups is 1. The third-order valence-corrected chi connectivity index (χ3v) is 3.67. The summed E-state index contributed by atoms with van der Waals surface area (Å²) in [7, 11) is 1.74. The molecule has 100 valence electrons. The molecule has 0 saturated heterocycles. The fraction of sp³-hybridized carbons (Fsp3) is 0.692. The Bertz CT molecular complexity index is 444. The minimum atomic E-state index is -0.626. The van der Waals surface area contributed by atoms with E-state index in [1.54, 1.807) is 17.8 Å². The van der Waals surface area contributed by atoms with E-state index in [2.05, 4.69) is 10.4 Å². The van der Waals surface area contributed by atoms with Crippen LogP contribution in [0.4, 0.5) is 4.39 Å². The lowest BCUT2D eigenvalue weighted by Gasteiger charge is -2.40. The zero-order valence-electron chi connectivity index (χ0n) is 11.2. The molecule has 0 aliphatic heterocycles. The van der Waals surface area contributed by atoms with Crippen LogP contribution in [0.5, 0.6) is 0 Å². The average Bonchev–Trinajstić information content (AvgIpc) is 2.66. The van der Waals surface area contributed by atoms with Crippen LogP contribution >= 0.6 is 0 Å². The van der Waals surface area contributed by atoms with Crippen LogP contribution in [-0.2, 0) is 7.05 Å². The Morgan fingerprint density at radius 2 is 2.28 bits per heavy atom. The van der Waals surface area contributed by atoms with Crippen molar-refractivity contribution in [2.75, 3.05) is 6.67 Å². The highest BCUT2D eigenvalue weighted by Gasteiger charge is 2.39. The van der Waals surface area contributed by atoms with E-state index in [9.17, 15) is 9.18 Å². The number of hydrogen-bond donors (Lipinski definition) is 1. The summed E-state index contributed by atoms with van der Waals surface area (Å²) in [6.07, 6.45) is 2.43. The van der Waals surface area contributed by atoms with Gasteiger partial charge < -0.3 is 5.32 Å². The first-order valence-electron chi connectivity index (χ1n) is 6.40. The lowest BCUT2D eigenvalue weighted by Crippen LogP contribution is -2.55. The fourth-order valence-corrected chi connectivity index (χ4v) is 2.18. The molecule has 4 nitrogen and oxygen atoms in total. The molecule has 0 radical (unpaired) electrons. The maximum absolute atomic E-state index is 13.0. The van der Waals surface area contributed by atoms with E-state index in [0.29, 0.717) is 5.69 Å². The lowest BCUT2D eigenvalue weighted by molar-refractivity contribution is 0.0764. The number of aromatic nitrogens is 2. The van der Waals surface area contributed by atoms with E-state index in [-0.39, 0.29) is 11.8 Å². The maximum atomic E-state index is 13.0. The summed E-state index contributed by atoms with van der Waals surface area (Å²) in [6, 6.07) is 1.78. The number of hydrogen-bond acceptors (Lipinski definition) is 2. The van der Waals surface area contributed by atoms with Gasteiger partial charge in [-0.3, -0.25) is 9.48 Å². The maximum Gasteiger partial charge on any atom is 0.270 e. The summed E-state index contributed by atoms with van der Waals surface area (Å²) in [5, 5.41) is 7.11. The molecule has 0 unspecified atom stereocenters. The largest absolute Gasteiger partial charge is 0.343 e. The van der Waals surface area contributed by atoms with Crippen LogP contribution in [0.3, 0.4) is 0 Å². The normalized spacial score (nSPS) is 17.6. The quantitative estimate of drug-likeness (QED) is 0.894. The average molecular weight is 253 g/mol. The first kappa shape index (κ1) is 13.1. The highest BCUT2D eigenvalue weighted by molar-refractivity contribution is 5.93. The van der Waals surface area contributed by atoms with Gasteiger partial charge >= 0.3 is 0 Å². The Morgan fingerprint density at radius 3 is 2.67 bits per heavy atom. The Morgan fingerprint density at radius 1 is 1.61 bits per heavy atom. The van der Waals surface area contributed by atoms with Gasteiger partial charge in [-0.2, -0.15) is 5.10 Å². The van der Waals surface area contributed by atoms with Crippen molar-refractivity contribution in [2.24, 2.45) is 7.05 Å². The van der Waals surface area contributed by atoms with Gasteiger partial charge in [0, 0.05) is 7.05 Å². The molecule has 1 aliphatic carbocycles. The highest BCUT2D eigenvalue weighted by atomic mass is 19.1. The summed E-state index contributed by atoms with van der Waals surface area (Å²) in [4.78, 5) is 12.1. The number of amides is 1. The molecule has 0 aromatic carbocycles. The Hall–Kier alpha value is -1.39. The minimum absolute atomic E-state index is 0.228. The molecular formula is C13H20FN3O. The minimum Gasteiger partial charge on any atom is -0.343 e. The van der Waals surface area contributed by atoms with Crippen molar-refractivity contribution in [2.45, 2.75) is 44.6 Å². The van der Waals surface area contributed by atoms with Gasteiger partial charge in [0.2, 0.25) is 0 Å². The van der Waals surface area contributed by atoms with E-state index in [1.165, 1.54) is 0 Å². The van der Waals surface area contributed by atoms with Gasteiger partial charge in [0.1, 0.15) is 12.4 Å². The smallest absolute Gasteiger partial charge is 0.270 e.